The Morgan fingerprint density at radius 1 is 1.33 bits per heavy atom. The molecule has 0 aromatic carbocycles. The lowest BCUT2D eigenvalue weighted by Crippen LogP contribution is -2.58. The predicted molar refractivity (Wildman–Crippen MR) is 81.6 cm³/mol. The van der Waals surface area contributed by atoms with Gasteiger partial charge in [0.1, 0.15) is 0 Å². The van der Waals surface area contributed by atoms with Crippen LogP contribution in [-0.2, 0) is 9.59 Å². The topological polar surface area (TPSA) is 87.5 Å². The van der Waals surface area contributed by atoms with Crippen LogP contribution in [0, 0.1) is 0 Å². The number of carbonyl (C=O) groups is 2. The first-order chi connectivity index (χ1) is 9.88. The van der Waals surface area contributed by atoms with Gasteiger partial charge in [0.25, 0.3) is 0 Å². The predicted octanol–water partition coefficient (Wildman–Crippen LogP) is -0.0302. The number of nitrogens with zero attached hydrogens (tertiary/aromatic N) is 1. The van der Waals surface area contributed by atoms with Crippen LogP contribution in [0.3, 0.4) is 0 Å². The third-order valence-electron chi connectivity index (χ3n) is 4.45. The summed E-state index contributed by atoms with van der Waals surface area (Å²) >= 11 is 0. The van der Waals surface area contributed by atoms with Crippen molar-refractivity contribution in [3.63, 3.8) is 0 Å². The third-order valence-corrected chi connectivity index (χ3v) is 4.45. The molecule has 1 saturated carbocycles. The number of nitrogens with one attached hydrogen (secondary N) is 2. The Balaban J connectivity index is 2.05. The van der Waals surface area contributed by atoms with Crippen molar-refractivity contribution in [1.29, 1.82) is 0 Å². The lowest BCUT2D eigenvalue weighted by molar-refractivity contribution is -0.133. The van der Waals surface area contributed by atoms with Gasteiger partial charge in [-0.1, -0.05) is 13.8 Å². The van der Waals surface area contributed by atoms with E-state index < -0.39 is 0 Å². The van der Waals surface area contributed by atoms with Gasteiger partial charge in [-0.25, -0.2) is 0 Å². The highest BCUT2D eigenvalue weighted by atomic mass is 16.2. The molecule has 2 amide bonds. The summed E-state index contributed by atoms with van der Waals surface area (Å²) in [6, 6.07) is 0.548. The van der Waals surface area contributed by atoms with E-state index in [2.05, 4.69) is 24.5 Å². The van der Waals surface area contributed by atoms with Crippen molar-refractivity contribution in [3.8, 4) is 0 Å². The van der Waals surface area contributed by atoms with Gasteiger partial charge >= 0.3 is 0 Å². The minimum atomic E-state index is -0.366. The molecular formula is C15H28N4O2. The van der Waals surface area contributed by atoms with Gasteiger partial charge in [-0.2, -0.15) is 0 Å². The zero-order valence-corrected chi connectivity index (χ0v) is 13.3. The molecule has 1 aliphatic heterocycles. The molecule has 0 radical (unpaired) electrons. The SMILES string of the molecule is CC(=O)N[C@@H]1C[C@H](NC(C)C)CC[C@@H]1N1CC[C@H](N)C1=O. The second kappa shape index (κ2) is 6.75. The Bertz CT molecular complexity index is 399. The summed E-state index contributed by atoms with van der Waals surface area (Å²) in [5.74, 6) is -0.00300. The second-order valence-corrected chi connectivity index (χ2v) is 6.63. The maximum atomic E-state index is 12.2. The molecule has 4 N–H and O–H groups in total. The van der Waals surface area contributed by atoms with Gasteiger partial charge in [-0.3, -0.25) is 9.59 Å². The van der Waals surface area contributed by atoms with E-state index in [4.69, 9.17) is 5.73 Å². The van der Waals surface area contributed by atoms with Gasteiger partial charge in [0.15, 0.2) is 0 Å². The fourth-order valence-corrected chi connectivity index (χ4v) is 3.62. The molecule has 1 saturated heterocycles. The molecule has 0 aromatic rings. The molecule has 0 unspecified atom stereocenters. The first kappa shape index (κ1) is 16.2. The van der Waals surface area contributed by atoms with Gasteiger partial charge in [-0.15, -0.1) is 0 Å². The molecule has 6 nitrogen and oxygen atoms in total. The molecule has 0 bridgehead atoms. The number of rotatable bonds is 4. The molecule has 4 atom stereocenters. The summed E-state index contributed by atoms with van der Waals surface area (Å²) < 4.78 is 0. The Kier molecular flexibility index (Phi) is 5.22. The largest absolute Gasteiger partial charge is 0.351 e. The van der Waals surface area contributed by atoms with Crippen molar-refractivity contribution < 1.29 is 9.59 Å². The Morgan fingerprint density at radius 2 is 2.05 bits per heavy atom. The van der Waals surface area contributed by atoms with Crippen LogP contribution >= 0.6 is 0 Å². The normalized spacial score (nSPS) is 33.6. The van der Waals surface area contributed by atoms with Gasteiger partial charge in [-0.05, 0) is 25.7 Å². The molecule has 21 heavy (non-hydrogen) atoms. The molecule has 1 heterocycles. The zero-order valence-electron chi connectivity index (χ0n) is 13.3. The van der Waals surface area contributed by atoms with Crippen LogP contribution in [0.25, 0.3) is 0 Å². The van der Waals surface area contributed by atoms with Crippen LogP contribution in [0.1, 0.15) is 46.5 Å². The Hall–Kier alpha value is -1.14. The van der Waals surface area contributed by atoms with E-state index >= 15 is 0 Å². The summed E-state index contributed by atoms with van der Waals surface area (Å²) in [5, 5.41) is 6.57. The van der Waals surface area contributed by atoms with E-state index in [1.165, 1.54) is 6.92 Å². The lowest BCUT2D eigenvalue weighted by Gasteiger charge is -2.42. The number of nitrogens with two attached hydrogens (primary N) is 1. The van der Waals surface area contributed by atoms with Gasteiger partial charge in [0.05, 0.1) is 18.1 Å². The quantitative estimate of drug-likeness (QED) is 0.680. The minimum Gasteiger partial charge on any atom is -0.351 e. The molecule has 2 rings (SSSR count). The maximum Gasteiger partial charge on any atom is 0.239 e. The first-order valence-electron chi connectivity index (χ1n) is 7.97. The van der Waals surface area contributed by atoms with E-state index in [1.807, 2.05) is 4.90 Å². The lowest BCUT2D eigenvalue weighted by atomic mass is 9.85. The van der Waals surface area contributed by atoms with Crippen molar-refractivity contribution >= 4 is 11.8 Å². The van der Waals surface area contributed by atoms with E-state index in [0.717, 1.165) is 25.7 Å². The van der Waals surface area contributed by atoms with Crippen molar-refractivity contribution in [2.24, 2.45) is 5.73 Å². The molecule has 2 fully saturated rings. The Morgan fingerprint density at radius 3 is 2.57 bits per heavy atom. The standard InChI is InChI=1S/C15H28N4O2/c1-9(2)17-11-4-5-14(13(8-11)18-10(3)20)19-7-6-12(16)15(19)21/h9,11-14,17H,4-8,16H2,1-3H3,(H,18,20)/t11-,12+,13-,14+/m1/s1. The highest BCUT2D eigenvalue weighted by Crippen LogP contribution is 2.27. The van der Waals surface area contributed by atoms with Crippen molar-refractivity contribution in [2.75, 3.05) is 6.54 Å². The van der Waals surface area contributed by atoms with Gasteiger partial charge in [0.2, 0.25) is 11.8 Å². The molecular weight excluding hydrogens is 268 g/mol. The van der Waals surface area contributed by atoms with E-state index in [9.17, 15) is 9.59 Å². The monoisotopic (exact) mass is 296 g/mol. The van der Waals surface area contributed by atoms with E-state index in [0.29, 0.717) is 18.6 Å². The fraction of sp³-hybridized carbons (Fsp3) is 0.867. The molecule has 1 aliphatic carbocycles. The van der Waals surface area contributed by atoms with Crippen molar-refractivity contribution in [3.05, 3.63) is 0 Å². The van der Waals surface area contributed by atoms with Crippen LogP contribution in [0.4, 0.5) is 0 Å². The van der Waals surface area contributed by atoms with Gasteiger partial charge in [0, 0.05) is 25.6 Å². The summed E-state index contributed by atoms with van der Waals surface area (Å²) in [5.41, 5.74) is 5.82. The molecule has 2 aliphatic rings. The Labute approximate surface area is 126 Å². The van der Waals surface area contributed by atoms with E-state index in [-0.39, 0.29) is 29.9 Å². The average molecular weight is 296 g/mol. The molecule has 120 valence electrons. The van der Waals surface area contributed by atoms with Gasteiger partial charge < -0.3 is 21.3 Å². The number of likely N-dealkylation sites (tertiary alicyclic amines) is 1. The first-order valence-corrected chi connectivity index (χ1v) is 7.97. The van der Waals surface area contributed by atoms with Crippen LogP contribution in [0.2, 0.25) is 0 Å². The summed E-state index contributed by atoms with van der Waals surface area (Å²) in [6.45, 7) is 6.50. The van der Waals surface area contributed by atoms with Crippen LogP contribution < -0.4 is 16.4 Å². The number of carbonyl (C=O) groups excluding carboxylic acids is 2. The number of hydrogen-bond acceptors (Lipinski definition) is 4. The highest BCUT2D eigenvalue weighted by molar-refractivity contribution is 5.84. The summed E-state index contributed by atoms with van der Waals surface area (Å²) in [7, 11) is 0. The van der Waals surface area contributed by atoms with Crippen LogP contribution in [0.15, 0.2) is 0 Å². The van der Waals surface area contributed by atoms with Crippen molar-refractivity contribution in [2.45, 2.75) is 76.7 Å². The molecule has 0 spiro atoms. The van der Waals surface area contributed by atoms with E-state index in [1.54, 1.807) is 0 Å². The van der Waals surface area contributed by atoms with Crippen LogP contribution in [0.5, 0.6) is 0 Å². The highest BCUT2D eigenvalue weighted by Gasteiger charge is 2.40. The zero-order chi connectivity index (χ0) is 15.6. The minimum absolute atomic E-state index is 0.0155. The second-order valence-electron chi connectivity index (χ2n) is 6.63. The number of hydrogen-bond donors (Lipinski definition) is 3. The number of amides is 2. The molecule has 6 heteroatoms. The third kappa shape index (κ3) is 3.95. The summed E-state index contributed by atoms with van der Waals surface area (Å²) in [4.78, 5) is 25.5. The van der Waals surface area contributed by atoms with Crippen LogP contribution in [-0.4, -0.2) is 53.5 Å². The average Bonchev–Trinajstić information content (AvgIpc) is 2.69. The molecule has 0 aromatic heterocycles. The fourth-order valence-electron chi connectivity index (χ4n) is 3.62. The maximum absolute atomic E-state index is 12.2. The van der Waals surface area contributed by atoms with Crippen molar-refractivity contribution in [1.82, 2.24) is 15.5 Å². The smallest absolute Gasteiger partial charge is 0.239 e. The summed E-state index contributed by atoms with van der Waals surface area (Å²) in [6.07, 6.45) is 3.52.